The van der Waals surface area contributed by atoms with Gasteiger partial charge in [0.25, 0.3) is 5.91 Å². The number of amides is 1. The van der Waals surface area contributed by atoms with Crippen LogP contribution in [0.5, 0.6) is 0 Å². The van der Waals surface area contributed by atoms with Crippen LogP contribution in [0.3, 0.4) is 0 Å². The highest BCUT2D eigenvalue weighted by Gasteiger charge is 2.18. The molecule has 0 aliphatic heterocycles. The van der Waals surface area contributed by atoms with E-state index in [4.69, 9.17) is 4.52 Å². The lowest BCUT2D eigenvalue weighted by Gasteiger charge is -2.16. The second-order valence-electron chi connectivity index (χ2n) is 5.08. The fourth-order valence-corrected chi connectivity index (χ4v) is 3.68. The highest BCUT2D eigenvalue weighted by atomic mass is 32.2. The average molecular weight is 359 g/mol. The van der Waals surface area contributed by atoms with Crippen molar-refractivity contribution in [2.75, 3.05) is 12.8 Å². The van der Waals surface area contributed by atoms with Crippen LogP contribution in [0.1, 0.15) is 23.2 Å². The maximum absolute atomic E-state index is 12.7. The van der Waals surface area contributed by atoms with Crippen molar-refractivity contribution in [2.24, 2.45) is 0 Å². The molecule has 1 amide bonds. The zero-order chi connectivity index (χ0) is 16.9. The van der Waals surface area contributed by atoms with Gasteiger partial charge in [0, 0.05) is 11.9 Å². The van der Waals surface area contributed by atoms with Crippen molar-refractivity contribution in [3.05, 3.63) is 53.2 Å². The van der Waals surface area contributed by atoms with Gasteiger partial charge >= 0.3 is 0 Å². The molecule has 0 aliphatic carbocycles. The Morgan fingerprint density at radius 1 is 1.29 bits per heavy atom. The summed E-state index contributed by atoms with van der Waals surface area (Å²) in [6, 6.07) is 11.5. The molecule has 2 aromatic heterocycles. The molecular weight excluding hydrogens is 342 g/mol. The fraction of sp³-hybridized carbons (Fsp3) is 0.235. The molecule has 0 spiro atoms. The smallest absolute Gasteiger partial charge is 0.255 e. The van der Waals surface area contributed by atoms with Gasteiger partial charge in [-0.25, -0.2) is 0 Å². The quantitative estimate of drug-likeness (QED) is 0.618. The summed E-state index contributed by atoms with van der Waals surface area (Å²) in [6.07, 6.45) is 0. The van der Waals surface area contributed by atoms with Gasteiger partial charge in [-0.2, -0.15) is 4.98 Å². The second-order valence-corrected chi connectivity index (χ2v) is 7.33. The maximum atomic E-state index is 12.7. The molecule has 0 atom stereocenters. The normalized spacial score (nSPS) is 10.8. The van der Waals surface area contributed by atoms with Crippen LogP contribution in [-0.4, -0.2) is 33.7 Å². The molecule has 3 aromatic rings. The third-order valence-corrected chi connectivity index (χ3v) is 5.17. The summed E-state index contributed by atoms with van der Waals surface area (Å²) in [7, 11) is 1.74. The van der Waals surface area contributed by atoms with E-state index in [-0.39, 0.29) is 12.5 Å². The zero-order valence-electron chi connectivity index (χ0n) is 13.4. The van der Waals surface area contributed by atoms with Crippen LogP contribution in [-0.2, 0) is 6.54 Å². The molecule has 0 N–H and O–H groups in total. The van der Waals surface area contributed by atoms with E-state index in [9.17, 15) is 4.79 Å². The number of hydrogen-bond donors (Lipinski definition) is 0. The van der Waals surface area contributed by atoms with Crippen LogP contribution in [0.4, 0.5) is 0 Å². The first-order valence-corrected chi connectivity index (χ1v) is 9.39. The number of aromatic nitrogens is 2. The minimum Gasteiger partial charge on any atom is -0.337 e. The number of nitrogens with zero attached hydrogens (tertiary/aromatic N) is 3. The SMILES string of the molecule is CCSc1ccccc1C(=O)N(C)Cc1nc(-c2cccs2)no1. The van der Waals surface area contributed by atoms with Crippen molar-refractivity contribution in [1.29, 1.82) is 0 Å². The van der Waals surface area contributed by atoms with Crippen LogP contribution in [0.15, 0.2) is 51.2 Å². The highest BCUT2D eigenvalue weighted by molar-refractivity contribution is 7.99. The molecule has 1 aromatic carbocycles. The van der Waals surface area contributed by atoms with E-state index < -0.39 is 0 Å². The molecule has 0 radical (unpaired) electrons. The molecule has 0 unspecified atom stereocenters. The molecule has 5 nitrogen and oxygen atoms in total. The van der Waals surface area contributed by atoms with Gasteiger partial charge in [-0.05, 0) is 29.3 Å². The fourth-order valence-electron chi connectivity index (χ4n) is 2.23. The predicted octanol–water partition coefficient (Wildman–Crippen LogP) is 4.18. The summed E-state index contributed by atoms with van der Waals surface area (Å²) in [4.78, 5) is 20.6. The molecule has 3 rings (SSSR count). The maximum Gasteiger partial charge on any atom is 0.255 e. The highest BCUT2D eigenvalue weighted by Crippen LogP contribution is 2.24. The molecule has 0 saturated carbocycles. The predicted molar refractivity (Wildman–Crippen MR) is 96.2 cm³/mol. The number of hydrogen-bond acceptors (Lipinski definition) is 6. The number of benzene rings is 1. The van der Waals surface area contributed by atoms with Crippen molar-refractivity contribution >= 4 is 29.0 Å². The minimum atomic E-state index is -0.0533. The molecule has 2 heterocycles. The number of rotatable bonds is 6. The summed E-state index contributed by atoms with van der Waals surface area (Å²) in [6.45, 7) is 2.35. The van der Waals surface area contributed by atoms with Crippen molar-refractivity contribution in [2.45, 2.75) is 18.4 Å². The molecule has 0 bridgehead atoms. The number of carbonyl (C=O) groups is 1. The standard InChI is InChI=1S/C17H17N3O2S2/c1-3-23-13-8-5-4-7-12(13)17(21)20(2)11-15-18-16(19-22-15)14-9-6-10-24-14/h4-10H,3,11H2,1-2H3. The van der Waals surface area contributed by atoms with Crippen LogP contribution < -0.4 is 0 Å². The second kappa shape index (κ2) is 7.63. The van der Waals surface area contributed by atoms with Crippen molar-refractivity contribution < 1.29 is 9.32 Å². The lowest BCUT2D eigenvalue weighted by atomic mass is 10.2. The first kappa shape index (κ1) is 16.7. The first-order valence-electron chi connectivity index (χ1n) is 7.52. The van der Waals surface area contributed by atoms with E-state index >= 15 is 0 Å². The van der Waals surface area contributed by atoms with E-state index in [1.807, 2.05) is 41.8 Å². The third-order valence-electron chi connectivity index (χ3n) is 3.35. The Balaban J connectivity index is 1.73. The lowest BCUT2D eigenvalue weighted by Crippen LogP contribution is -2.26. The summed E-state index contributed by atoms with van der Waals surface area (Å²) in [5.74, 6) is 1.85. The number of thioether (sulfide) groups is 1. The van der Waals surface area contributed by atoms with Crippen LogP contribution in [0.25, 0.3) is 10.7 Å². The molecule has 0 fully saturated rings. The van der Waals surface area contributed by atoms with Crippen molar-refractivity contribution in [3.8, 4) is 10.7 Å². The Morgan fingerprint density at radius 2 is 2.12 bits per heavy atom. The van der Waals surface area contributed by atoms with Crippen molar-refractivity contribution in [1.82, 2.24) is 15.0 Å². The van der Waals surface area contributed by atoms with E-state index in [2.05, 4.69) is 17.1 Å². The van der Waals surface area contributed by atoms with Crippen LogP contribution in [0, 0.1) is 0 Å². The Morgan fingerprint density at radius 3 is 2.88 bits per heavy atom. The van der Waals surface area contributed by atoms with Gasteiger partial charge in [0.05, 0.1) is 17.0 Å². The Labute approximate surface area is 148 Å². The average Bonchev–Trinajstić information content (AvgIpc) is 3.26. The topological polar surface area (TPSA) is 59.2 Å². The summed E-state index contributed by atoms with van der Waals surface area (Å²) in [5.41, 5.74) is 0.699. The Hall–Kier alpha value is -2.12. The van der Waals surface area contributed by atoms with Gasteiger partial charge in [-0.3, -0.25) is 4.79 Å². The van der Waals surface area contributed by atoms with Crippen LogP contribution >= 0.6 is 23.1 Å². The van der Waals surface area contributed by atoms with Gasteiger partial charge in [0.2, 0.25) is 11.7 Å². The summed E-state index contributed by atoms with van der Waals surface area (Å²) in [5, 5.41) is 5.93. The molecule has 7 heteroatoms. The molecular formula is C17H17N3O2S2. The zero-order valence-corrected chi connectivity index (χ0v) is 15.1. The van der Waals surface area contributed by atoms with E-state index in [1.54, 1.807) is 35.0 Å². The van der Waals surface area contributed by atoms with Gasteiger partial charge in [-0.15, -0.1) is 23.1 Å². The monoisotopic (exact) mass is 359 g/mol. The first-order chi connectivity index (χ1) is 11.7. The van der Waals surface area contributed by atoms with Gasteiger partial charge in [0.1, 0.15) is 0 Å². The third kappa shape index (κ3) is 3.68. The number of carbonyl (C=O) groups excluding carboxylic acids is 1. The molecule has 124 valence electrons. The molecule has 0 aliphatic rings. The molecule has 24 heavy (non-hydrogen) atoms. The Bertz CT molecular complexity index is 815. The lowest BCUT2D eigenvalue weighted by molar-refractivity contribution is 0.0766. The van der Waals surface area contributed by atoms with E-state index in [0.29, 0.717) is 17.3 Å². The van der Waals surface area contributed by atoms with Gasteiger partial charge in [-0.1, -0.05) is 30.3 Å². The Kier molecular flexibility index (Phi) is 5.32. The summed E-state index contributed by atoms with van der Waals surface area (Å²) >= 11 is 3.21. The minimum absolute atomic E-state index is 0.0533. The van der Waals surface area contributed by atoms with Crippen LogP contribution in [0.2, 0.25) is 0 Å². The van der Waals surface area contributed by atoms with Crippen molar-refractivity contribution in [3.63, 3.8) is 0 Å². The number of thiophene rings is 1. The van der Waals surface area contributed by atoms with E-state index in [1.165, 1.54) is 0 Å². The van der Waals surface area contributed by atoms with E-state index in [0.717, 1.165) is 15.5 Å². The largest absolute Gasteiger partial charge is 0.337 e. The van der Waals surface area contributed by atoms with Gasteiger partial charge in [0.15, 0.2) is 0 Å². The summed E-state index contributed by atoms with van der Waals surface area (Å²) < 4.78 is 5.27. The van der Waals surface area contributed by atoms with Gasteiger partial charge < -0.3 is 9.42 Å². The molecule has 0 saturated heterocycles.